The molecule has 1 fully saturated rings. The molecule has 1 N–H and O–H groups in total. The smallest absolute Gasteiger partial charge is 0.407 e. The molecule has 0 bridgehead atoms. The predicted octanol–water partition coefficient (Wildman–Crippen LogP) is 2.73. The summed E-state index contributed by atoms with van der Waals surface area (Å²) >= 11 is 0. The fourth-order valence-corrected chi connectivity index (χ4v) is 2.37. The number of benzene rings is 1. The molecule has 4 nitrogen and oxygen atoms in total. The first kappa shape index (κ1) is 13.9. The Morgan fingerprint density at radius 1 is 1.42 bits per heavy atom. The second-order valence-corrected chi connectivity index (χ2v) is 4.81. The molecule has 0 radical (unpaired) electrons. The molecule has 1 aliphatic rings. The molecular weight excluding hydrogens is 242 g/mol. The van der Waals surface area contributed by atoms with Gasteiger partial charge < -0.3 is 14.8 Å². The van der Waals surface area contributed by atoms with Crippen molar-refractivity contribution in [1.29, 1.82) is 0 Å². The summed E-state index contributed by atoms with van der Waals surface area (Å²) < 4.78 is 10.8. The molecule has 19 heavy (non-hydrogen) atoms. The van der Waals surface area contributed by atoms with E-state index in [1.165, 1.54) is 0 Å². The third-order valence-corrected chi connectivity index (χ3v) is 3.47. The molecule has 2 rings (SSSR count). The molecule has 4 heteroatoms. The van der Waals surface area contributed by atoms with Crippen molar-refractivity contribution in [2.24, 2.45) is 5.92 Å². The normalized spacial score (nSPS) is 22.2. The van der Waals surface area contributed by atoms with Crippen LogP contribution in [0.5, 0.6) is 0 Å². The topological polar surface area (TPSA) is 47.6 Å². The van der Waals surface area contributed by atoms with Crippen molar-refractivity contribution in [2.45, 2.75) is 32.5 Å². The lowest BCUT2D eigenvalue weighted by Crippen LogP contribution is -2.33. The Labute approximate surface area is 114 Å². The van der Waals surface area contributed by atoms with E-state index in [1.807, 2.05) is 30.3 Å². The van der Waals surface area contributed by atoms with Gasteiger partial charge in [-0.15, -0.1) is 0 Å². The van der Waals surface area contributed by atoms with Gasteiger partial charge in [-0.3, -0.25) is 0 Å². The summed E-state index contributed by atoms with van der Waals surface area (Å²) in [4.78, 5) is 11.6. The highest BCUT2D eigenvalue weighted by atomic mass is 16.5. The molecule has 2 atom stereocenters. The molecular formula is C15H21NO3. The number of hydrogen-bond acceptors (Lipinski definition) is 3. The lowest BCUT2D eigenvalue weighted by atomic mass is 10.00. The third-order valence-electron chi connectivity index (χ3n) is 3.47. The predicted molar refractivity (Wildman–Crippen MR) is 72.8 cm³/mol. The number of rotatable bonds is 5. The van der Waals surface area contributed by atoms with Crippen LogP contribution in [0.25, 0.3) is 0 Å². The zero-order chi connectivity index (χ0) is 13.5. The first-order chi connectivity index (χ1) is 9.29. The number of carbonyl (C=O) groups excluding carboxylic acids is 1. The molecule has 1 aromatic carbocycles. The van der Waals surface area contributed by atoms with Gasteiger partial charge in [0.15, 0.2) is 0 Å². The Kier molecular flexibility index (Phi) is 5.21. The monoisotopic (exact) mass is 263 g/mol. The van der Waals surface area contributed by atoms with E-state index in [0.29, 0.717) is 19.1 Å². The zero-order valence-corrected chi connectivity index (χ0v) is 11.3. The van der Waals surface area contributed by atoms with Crippen molar-refractivity contribution in [3.63, 3.8) is 0 Å². The van der Waals surface area contributed by atoms with Gasteiger partial charge in [-0.1, -0.05) is 37.3 Å². The van der Waals surface area contributed by atoms with Crippen molar-refractivity contribution < 1.29 is 14.3 Å². The van der Waals surface area contributed by atoms with Gasteiger partial charge in [0.25, 0.3) is 0 Å². The summed E-state index contributed by atoms with van der Waals surface area (Å²) in [6.45, 7) is 3.85. The molecule has 0 saturated carbocycles. The first-order valence-electron chi connectivity index (χ1n) is 6.85. The number of ether oxygens (including phenoxy) is 2. The fraction of sp³-hybridized carbons (Fsp3) is 0.533. The molecule has 1 aromatic rings. The molecule has 1 amide bonds. The molecule has 1 aliphatic heterocycles. The van der Waals surface area contributed by atoms with Crippen LogP contribution in [0.3, 0.4) is 0 Å². The highest BCUT2D eigenvalue weighted by Crippen LogP contribution is 2.22. The van der Waals surface area contributed by atoms with Gasteiger partial charge in [-0.2, -0.15) is 0 Å². The van der Waals surface area contributed by atoms with E-state index in [2.05, 4.69) is 12.2 Å². The van der Waals surface area contributed by atoms with Crippen LogP contribution in [0.1, 0.15) is 25.3 Å². The highest BCUT2D eigenvalue weighted by Gasteiger charge is 2.26. The molecule has 1 heterocycles. The van der Waals surface area contributed by atoms with Gasteiger partial charge in [-0.05, 0) is 18.4 Å². The Morgan fingerprint density at radius 2 is 2.21 bits per heavy atom. The van der Waals surface area contributed by atoms with Crippen molar-refractivity contribution in [3.8, 4) is 0 Å². The van der Waals surface area contributed by atoms with Crippen LogP contribution in [0.4, 0.5) is 4.79 Å². The lowest BCUT2D eigenvalue weighted by Gasteiger charge is -2.17. The van der Waals surface area contributed by atoms with E-state index in [4.69, 9.17) is 9.47 Å². The van der Waals surface area contributed by atoms with E-state index < -0.39 is 0 Å². The van der Waals surface area contributed by atoms with E-state index >= 15 is 0 Å². The maximum Gasteiger partial charge on any atom is 0.407 e. The van der Waals surface area contributed by atoms with Crippen LogP contribution < -0.4 is 5.32 Å². The minimum absolute atomic E-state index is 0.273. The number of alkyl carbamates (subject to hydrolysis) is 1. The minimum Gasteiger partial charge on any atom is -0.445 e. The average Bonchev–Trinajstić information content (AvgIpc) is 2.91. The Morgan fingerprint density at radius 3 is 2.95 bits per heavy atom. The van der Waals surface area contributed by atoms with Crippen LogP contribution in [-0.2, 0) is 16.1 Å². The molecule has 0 spiro atoms. The summed E-state index contributed by atoms with van der Waals surface area (Å²) in [5.74, 6) is 0.411. The van der Waals surface area contributed by atoms with Crippen LogP contribution >= 0.6 is 0 Å². The number of carbonyl (C=O) groups is 1. The standard InChI is InChI=1S/C15H21NO3/c1-2-14-13(8-9-18-14)10-16-15(17)19-11-12-6-4-3-5-7-12/h3-7,13-14H,2,8-11H2,1H3,(H,16,17). The number of hydrogen-bond donors (Lipinski definition) is 1. The van der Waals surface area contributed by atoms with Crippen LogP contribution in [0.2, 0.25) is 0 Å². The Balaban J connectivity index is 1.67. The van der Waals surface area contributed by atoms with Gasteiger partial charge in [0, 0.05) is 19.1 Å². The van der Waals surface area contributed by atoms with Crippen LogP contribution in [0.15, 0.2) is 30.3 Å². The molecule has 104 valence electrons. The second kappa shape index (κ2) is 7.14. The fourth-order valence-electron chi connectivity index (χ4n) is 2.37. The molecule has 1 saturated heterocycles. The van der Waals surface area contributed by atoms with E-state index in [0.717, 1.165) is 25.0 Å². The van der Waals surface area contributed by atoms with Gasteiger partial charge in [0.1, 0.15) is 6.61 Å². The summed E-state index contributed by atoms with van der Waals surface area (Å²) in [6, 6.07) is 9.67. The summed E-state index contributed by atoms with van der Waals surface area (Å²) in [7, 11) is 0. The summed E-state index contributed by atoms with van der Waals surface area (Å²) in [5, 5.41) is 2.82. The van der Waals surface area contributed by atoms with Crippen molar-refractivity contribution >= 4 is 6.09 Å². The Hall–Kier alpha value is -1.55. The van der Waals surface area contributed by atoms with E-state index in [-0.39, 0.29) is 12.2 Å². The maximum atomic E-state index is 11.6. The molecule has 0 aromatic heterocycles. The molecule has 2 unspecified atom stereocenters. The summed E-state index contributed by atoms with van der Waals surface area (Å²) in [5.41, 5.74) is 0.994. The van der Waals surface area contributed by atoms with Crippen molar-refractivity contribution in [1.82, 2.24) is 5.32 Å². The largest absolute Gasteiger partial charge is 0.445 e. The Bertz CT molecular complexity index is 394. The SMILES string of the molecule is CCC1OCCC1CNC(=O)OCc1ccccc1. The highest BCUT2D eigenvalue weighted by molar-refractivity contribution is 5.67. The summed E-state index contributed by atoms with van der Waals surface area (Å²) in [6.07, 6.45) is 1.92. The first-order valence-corrected chi connectivity index (χ1v) is 6.85. The lowest BCUT2D eigenvalue weighted by molar-refractivity contribution is 0.0856. The maximum absolute atomic E-state index is 11.6. The third kappa shape index (κ3) is 4.24. The van der Waals surface area contributed by atoms with Gasteiger partial charge in [0.2, 0.25) is 0 Å². The van der Waals surface area contributed by atoms with Crippen molar-refractivity contribution in [2.75, 3.05) is 13.2 Å². The molecule has 0 aliphatic carbocycles. The zero-order valence-electron chi connectivity index (χ0n) is 11.3. The van der Waals surface area contributed by atoms with Crippen LogP contribution in [-0.4, -0.2) is 25.3 Å². The number of amides is 1. The average molecular weight is 263 g/mol. The van der Waals surface area contributed by atoms with Crippen molar-refractivity contribution in [3.05, 3.63) is 35.9 Å². The van der Waals surface area contributed by atoms with Crippen LogP contribution in [0, 0.1) is 5.92 Å². The van der Waals surface area contributed by atoms with Gasteiger partial charge in [0.05, 0.1) is 6.10 Å². The van der Waals surface area contributed by atoms with Gasteiger partial charge in [-0.25, -0.2) is 4.79 Å². The number of nitrogens with one attached hydrogen (secondary N) is 1. The van der Waals surface area contributed by atoms with E-state index in [9.17, 15) is 4.79 Å². The minimum atomic E-state index is -0.356. The quantitative estimate of drug-likeness (QED) is 0.888. The van der Waals surface area contributed by atoms with Gasteiger partial charge >= 0.3 is 6.09 Å². The second-order valence-electron chi connectivity index (χ2n) is 4.81. The van der Waals surface area contributed by atoms with E-state index in [1.54, 1.807) is 0 Å².